The molecule has 1 heterocycles. The lowest BCUT2D eigenvalue weighted by atomic mass is 10.0. The molecule has 0 aliphatic carbocycles. The Labute approximate surface area is 97.6 Å². The molecule has 0 aliphatic heterocycles. The smallest absolute Gasteiger partial charge is 0.352 e. The zero-order chi connectivity index (χ0) is 13.0. The first kappa shape index (κ1) is 13.0. The van der Waals surface area contributed by atoms with E-state index in [1.54, 1.807) is 6.92 Å². The maximum atomic E-state index is 11.0. The molecule has 0 fully saturated rings. The van der Waals surface area contributed by atoms with Crippen molar-refractivity contribution in [3.8, 4) is 0 Å². The highest BCUT2D eigenvalue weighted by molar-refractivity contribution is 5.91. The number of aldehydes is 1. The van der Waals surface area contributed by atoms with E-state index in [0.717, 1.165) is 0 Å². The number of rotatable bonds is 5. The van der Waals surface area contributed by atoms with Gasteiger partial charge in [0.1, 0.15) is 5.69 Å². The molecule has 0 saturated heterocycles. The fraction of sp³-hybridized carbons (Fsp3) is 0.364. The third-order valence-corrected chi connectivity index (χ3v) is 2.56. The molecule has 0 saturated carbocycles. The average molecular weight is 239 g/mol. The predicted molar refractivity (Wildman–Crippen MR) is 58.2 cm³/mol. The van der Waals surface area contributed by atoms with E-state index in [0.29, 0.717) is 17.4 Å². The average Bonchev–Trinajstić information content (AvgIpc) is 2.63. The summed E-state index contributed by atoms with van der Waals surface area (Å²) in [5.41, 5.74) is 1.20. The Morgan fingerprint density at radius 3 is 2.59 bits per heavy atom. The van der Waals surface area contributed by atoms with Gasteiger partial charge in [-0.25, -0.2) is 4.79 Å². The van der Waals surface area contributed by atoms with Crippen molar-refractivity contribution < 1.29 is 24.2 Å². The van der Waals surface area contributed by atoms with Crippen LogP contribution < -0.4 is 0 Å². The van der Waals surface area contributed by atoms with Crippen LogP contribution in [0.4, 0.5) is 0 Å². The Hall–Kier alpha value is -2.11. The second kappa shape index (κ2) is 5.29. The van der Waals surface area contributed by atoms with Crippen LogP contribution in [0.15, 0.2) is 0 Å². The number of aromatic amines is 1. The van der Waals surface area contributed by atoms with E-state index in [4.69, 9.17) is 5.11 Å². The fourth-order valence-corrected chi connectivity index (χ4v) is 1.60. The topological polar surface area (TPSA) is 96.5 Å². The molecule has 0 amide bonds. The summed E-state index contributed by atoms with van der Waals surface area (Å²) in [7, 11) is 1.27. The summed E-state index contributed by atoms with van der Waals surface area (Å²) in [6.07, 6.45) is 0.863. The van der Waals surface area contributed by atoms with Crippen molar-refractivity contribution in [2.75, 3.05) is 7.11 Å². The zero-order valence-electron chi connectivity index (χ0n) is 9.57. The molecular formula is C11H13NO5. The van der Waals surface area contributed by atoms with E-state index in [9.17, 15) is 14.4 Å². The van der Waals surface area contributed by atoms with Crippen LogP contribution in [0, 0.1) is 6.92 Å². The number of aromatic nitrogens is 1. The first-order valence-electron chi connectivity index (χ1n) is 4.98. The third kappa shape index (κ3) is 2.72. The first-order valence-corrected chi connectivity index (χ1v) is 4.98. The van der Waals surface area contributed by atoms with E-state index in [1.807, 2.05) is 0 Å². The molecule has 0 aliphatic rings. The number of carboxylic acids is 1. The number of carbonyl (C=O) groups is 3. The van der Waals surface area contributed by atoms with Crippen molar-refractivity contribution in [3.63, 3.8) is 0 Å². The minimum absolute atomic E-state index is 0.0477. The van der Waals surface area contributed by atoms with E-state index in [-0.39, 0.29) is 24.2 Å². The Balaban J connectivity index is 3.03. The number of carbonyl (C=O) groups excluding carboxylic acids is 2. The summed E-state index contributed by atoms with van der Waals surface area (Å²) in [6, 6.07) is 0. The van der Waals surface area contributed by atoms with Crippen LogP contribution in [-0.4, -0.2) is 35.4 Å². The summed E-state index contributed by atoms with van der Waals surface area (Å²) in [5, 5.41) is 8.96. The number of hydrogen-bond donors (Lipinski definition) is 2. The third-order valence-electron chi connectivity index (χ3n) is 2.56. The van der Waals surface area contributed by atoms with Gasteiger partial charge in [-0.3, -0.25) is 9.59 Å². The van der Waals surface area contributed by atoms with Crippen molar-refractivity contribution in [3.05, 3.63) is 22.5 Å². The summed E-state index contributed by atoms with van der Waals surface area (Å²) < 4.78 is 4.48. The number of hydrogen-bond acceptors (Lipinski definition) is 4. The van der Waals surface area contributed by atoms with Gasteiger partial charge in [0.25, 0.3) is 0 Å². The van der Waals surface area contributed by atoms with Gasteiger partial charge in [-0.2, -0.15) is 0 Å². The zero-order valence-corrected chi connectivity index (χ0v) is 9.57. The molecule has 0 aromatic carbocycles. The van der Waals surface area contributed by atoms with E-state index >= 15 is 0 Å². The minimum Gasteiger partial charge on any atom is -0.477 e. The summed E-state index contributed by atoms with van der Waals surface area (Å²) in [6.45, 7) is 1.64. The van der Waals surface area contributed by atoms with E-state index < -0.39 is 11.9 Å². The van der Waals surface area contributed by atoms with E-state index in [2.05, 4.69) is 9.72 Å². The number of esters is 1. The summed E-state index contributed by atoms with van der Waals surface area (Å²) >= 11 is 0. The van der Waals surface area contributed by atoms with Crippen molar-refractivity contribution >= 4 is 18.2 Å². The van der Waals surface area contributed by atoms with Gasteiger partial charge in [0.05, 0.1) is 12.8 Å². The Morgan fingerprint density at radius 1 is 1.47 bits per heavy atom. The van der Waals surface area contributed by atoms with Crippen LogP contribution in [0.5, 0.6) is 0 Å². The van der Waals surface area contributed by atoms with Gasteiger partial charge in [-0.15, -0.1) is 0 Å². The molecule has 17 heavy (non-hydrogen) atoms. The monoisotopic (exact) mass is 239 g/mol. The minimum atomic E-state index is -1.15. The highest BCUT2D eigenvalue weighted by Crippen LogP contribution is 2.19. The SMILES string of the molecule is COC(=O)CCc1c(C(=O)O)[nH]c(C=O)c1C. The normalized spacial score (nSPS) is 10.0. The van der Waals surface area contributed by atoms with Gasteiger partial charge in [-0.1, -0.05) is 0 Å². The molecule has 6 nitrogen and oxygen atoms in total. The molecule has 0 unspecified atom stereocenters. The number of methoxy groups -OCH3 is 1. The fourth-order valence-electron chi connectivity index (χ4n) is 1.60. The molecule has 6 heteroatoms. The highest BCUT2D eigenvalue weighted by atomic mass is 16.5. The van der Waals surface area contributed by atoms with Crippen LogP contribution in [0.2, 0.25) is 0 Å². The van der Waals surface area contributed by atoms with Gasteiger partial charge in [0.15, 0.2) is 6.29 Å². The second-order valence-electron chi connectivity index (χ2n) is 3.52. The standard InChI is InChI=1S/C11H13NO5/c1-6-7(3-4-9(14)17-2)10(11(15)16)12-8(6)5-13/h5,12H,3-4H2,1-2H3,(H,15,16). The van der Waals surface area contributed by atoms with Crippen LogP contribution in [0.3, 0.4) is 0 Å². The van der Waals surface area contributed by atoms with Crippen LogP contribution in [0.25, 0.3) is 0 Å². The molecule has 1 aromatic heterocycles. The highest BCUT2D eigenvalue weighted by Gasteiger charge is 2.19. The van der Waals surface area contributed by atoms with Crippen molar-refractivity contribution in [1.82, 2.24) is 4.98 Å². The molecule has 1 rings (SSSR count). The summed E-state index contributed by atoms with van der Waals surface area (Å²) in [4.78, 5) is 35.2. The number of aromatic carboxylic acids is 1. The Bertz CT molecular complexity index is 461. The molecule has 0 atom stereocenters. The van der Waals surface area contributed by atoms with Crippen molar-refractivity contribution in [2.24, 2.45) is 0 Å². The number of H-pyrrole nitrogens is 1. The molecule has 92 valence electrons. The van der Waals surface area contributed by atoms with Gasteiger partial charge in [0, 0.05) is 6.42 Å². The number of ether oxygens (including phenoxy) is 1. The van der Waals surface area contributed by atoms with Gasteiger partial charge in [0.2, 0.25) is 0 Å². The van der Waals surface area contributed by atoms with E-state index in [1.165, 1.54) is 7.11 Å². The lowest BCUT2D eigenvalue weighted by molar-refractivity contribution is -0.140. The number of carboxylic acid groups (broad SMARTS) is 1. The quantitative estimate of drug-likeness (QED) is 0.588. The number of nitrogens with one attached hydrogen (secondary N) is 1. The predicted octanol–water partition coefficient (Wildman–Crippen LogP) is 0.939. The lowest BCUT2D eigenvalue weighted by Gasteiger charge is -2.01. The van der Waals surface area contributed by atoms with Gasteiger partial charge < -0.3 is 14.8 Å². The van der Waals surface area contributed by atoms with Crippen LogP contribution in [0.1, 0.15) is 38.5 Å². The maximum Gasteiger partial charge on any atom is 0.352 e. The summed E-state index contributed by atoms with van der Waals surface area (Å²) in [5.74, 6) is -1.57. The lowest BCUT2D eigenvalue weighted by Crippen LogP contribution is -2.06. The van der Waals surface area contributed by atoms with Crippen molar-refractivity contribution in [2.45, 2.75) is 19.8 Å². The Morgan fingerprint density at radius 2 is 2.12 bits per heavy atom. The molecule has 2 N–H and O–H groups in total. The molecule has 0 spiro atoms. The largest absolute Gasteiger partial charge is 0.477 e. The van der Waals surface area contributed by atoms with Gasteiger partial charge >= 0.3 is 11.9 Å². The molecule has 1 aromatic rings. The molecular weight excluding hydrogens is 226 g/mol. The van der Waals surface area contributed by atoms with Crippen LogP contribution in [-0.2, 0) is 16.0 Å². The van der Waals surface area contributed by atoms with Gasteiger partial charge in [-0.05, 0) is 24.5 Å². The van der Waals surface area contributed by atoms with Crippen LogP contribution >= 0.6 is 0 Å². The van der Waals surface area contributed by atoms with Crippen molar-refractivity contribution in [1.29, 1.82) is 0 Å². The molecule has 0 radical (unpaired) electrons. The molecule has 0 bridgehead atoms. The maximum absolute atomic E-state index is 11.0. The first-order chi connectivity index (χ1) is 8.01. The second-order valence-corrected chi connectivity index (χ2v) is 3.52. The Kier molecular flexibility index (Phi) is 4.03.